The summed E-state index contributed by atoms with van der Waals surface area (Å²) >= 11 is 1.45. The van der Waals surface area contributed by atoms with Gasteiger partial charge < -0.3 is 14.9 Å². The fraction of sp³-hybridized carbons (Fsp3) is 0.586. The molecule has 0 amide bonds. The normalized spacial score (nSPS) is 17.7. The number of hydrogen-bond donors (Lipinski definition) is 2. The summed E-state index contributed by atoms with van der Waals surface area (Å²) in [5.74, 6) is -1.89. The monoisotopic (exact) mass is 560 g/mol. The number of halogens is 5. The number of fused-ring (bicyclic) bond motifs is 1. The average molecular weight is 561 g/mol. The van der Waals surface area contributed by atoms with E-state index in [0.29, 0.717) is 12.4 Å². The number of aromatic hydroxyl groups is 2. The highest BCUT2D eigenvalue weighted by atomic mass is 32.2. The summed E-state index contributed by atoms with van der Waals surface area (Å²) in [4.78, 5) is 0. The van der Waals surface area contributed by atoms with Crippen LogP contribution in [0.25, 0.3) is 0 Å². The zero-order valence-corrected chi connectivity index (χ0v) is 22.3. The maximum atomic E-state index is 12.9. The lowest BCUT2D eigenvalue weighted by molar-refractivity contribution is -0.284. The zero-order chi connectivity index (χ0) is 27.6. The summed E-state index contributed by atoms with van der Waals surface area (Å²) < 4.78 is 68.2. The van der Waals surface area contributed by atoms with E-state index in [9.17, 15) is 32.2 Å². The van der Waals surface area contributed by atoms with Crippen LogP contribution in [0.3, 0.4) is 0 Å². The van der Waals surface area contributed by atoms with E-state index in [-0.39, 0.29) is 29.8 Å². The third kappa shape index (κ3) is 8.95. The first kappa shape index (κ1) is 30.4. The van der Waals surface area contributed by atoms with Crippen LogP contribution in [0.15, 0.2) is 42.5 Å². The molecule has 0 spiro atoms. The fourth-order valence-corrected chi connectivity index (χ4v) is 5.93. The summed E-state index contributed by atoms with van der Waals surface area (Å²) in [6.07, 6.45) is 1.74. The van der Waals surface area contributed by atoms with E-state index in [1.54, 1.807) is 24.3 Å². The van der Waals surface area contributed by atoms with Crippen LogP contribution in [0.1, 0.15) is 87.2 Å². The third-order valence-electron chi connectivity index (χ3n) is 7.12. The summed E-state index contributed by atoms with van der Waals surface area (Å²) in [6, 6.07) is 12.6. The van der Waals surface area contributed by atoms with Crippen molar-refractivity contribution in [1.82, 2.24) is 0 Å². The molecule has 0 radical (unpaired) electrons. The van der Waals surface area contributed by atoms with Crippen LogP contribution in [0.5, 0.6) is 17.2 Å². The van der Waals surface area contributed by atoms with Crippen molar-refractivity contribution in [3.05, 3.63) is 53.6 Å². The van der Waals surface area contributed by atoms with E-state index >= 15 is 0 Å². The van der Waals surface area contributed by atoms with Crippen molar-refractivity contribution >= 4 is 11.8 Å². The Balaban J connectivity index is 1.31. The first-order valence-electron chi connectivity index (χ1n) is 13.4. The molecule has 1 aliphatic rings. The van der Waals surface area contributed by atoms with Gasteiger partial charge in [-0.1, -0.05) is 56.7 Å². The van der Waals surface area contributed by atoms with Gasteiger partial charge in [0, 0.05) is 18.4 Å². The predicted octanol–water partition coefficient (Wildman–Crippen LogP) is 9.19. The number of thioether (sulfide) groups is 1. The number of ether oxygens (including phenoxy) is 1. The van der Waals surface area contributed by atoms with E-state index in [4.69, 9.17) is 4.74 Å². The van der Waals surface area contributed by atoms with Crippen LogP contribution < -0.4 is 4.74 Å². The van der Waals surface area contributed by atoms with Gasteiger partial charge in [-0.2, -0.15) is 33.7 Å². The van der Waals surface area contributed by atoms with Crippen LogP contribution in [0.2, 0.25) is 0 Å². The van der Waals surface area contributed by atoms with E-state index in [2.05, 4.69) is 0 Å². The minimum atomic E-state index is -5.45. The molecule has 0 saturated heterocycles. The Labute approximate surface area is 225 Å². The highest BCUT2D eigenvalue weighted by molar-refractivity contribution is 7.99. The van der Waals surface area contributed by atoms with Crippen LogP contribution in [-0.4, -0.2) is 40.4 Å². The number of alkyl halides is 5. The van der Waals surface area contributed by atoms with Gasteiger partial charge in [0.05, 0.1) is 6.61 Å². The number of phenols is 2. The van der Waals surface area contributed by atoms with Gasteiger partial charge in [0.25, 0.3) is 0 Å². The minimum absolute atomic E-state index is 0.135. The van der Waals surface area contributed by atoms with Crippen LogP contribution >= 0.6 is 11.8 Å². The van der Waals surface area contributed by atoms with Crippen LogP contribution in [0, 0.1) is 0 Å². The molecule has 2 aromatic rings. The average Bonchev–Trinajstić information content (AvgIpc) is 2.86. The molecule has 1 heterocycles. The molecule has 2 aromatic carbocycles. The number of unbranched alkanes of at least 4 members (excludes halogenated alkanes) is 6. The Hall–Kier alpha value is -2.16. The van der Waals surface area contributed by atoms with E-state index in [0.717, 1.165) is 74.0 Å². The number of hydrogen-bond acceptors (Lipinski definition) is 4. The maximum Gasteiger partial charge on any atom is 0.453 e. The van der Waals surface area contributed by atoms with Gasteiger partial charge >= 0.3 is 12.1 Å². The molecule has 1 aliphatic heterocycles. The van der Waals surface area contributed by atoms with Crippen molar-refractivity contribution in [2.45, 2.75) is 88.1 Å². The molecule has 0 aromatic heterocycles. The molecule has 38 heavy (non-hydrogen) atoms. The van der Waals surface area contributed by atoms with Gasteiger partial charge in [-0.25, -0.2) is 0 Å². The summed E-state index contributed by atoms with van der Waals surface area (Å²) in [6.45, 7) is 0.522. The van der Waals surface area contributed by atoms with Gasteiger partial charge in [-0.15, -0.1) is 0 Å². The maximum absolute atomic E-state index is 12.9. The molecule has 3 nitrogen and oxygen atoms in total. The highest BCUT2D eigenvalue weighted by Gasteiger charge is 2.56. The first-order chi connectivity index (χ1) is 18.1. The molecule has 2 N–H and O–H groups in total. The second kappa shape index (κ2) is 14.3. The highest BCUT2D eigenvalue weighted by Crippen LogP contribution is 2.46. The fourth-order valence-electron chi connectivity index (χ4n) is 4.97. The third-order valence-corrected chi connectivity index (χ3v) is 8.27. The standard InChI is InChI=1S/C29H37F5O3S/c30-28(31,29(32,33)34)16-8-18-38-17-7-5-3-1-2-4-6-9-24-25-15-14-23(36)19-27(25)37-20-26(24)21-10-12-22(35)13-11-21/h10-15,19,24,26,35-36H,1-9,16-18,20H2/t24-,26-/m1/s1. The van der Waals surface area contributed by atoms with Crippen molar-refractivity contribution in [2.75, 3.05) is 18.1 Å². The van der Waals surface area contributed by atoms with Crippen molar-refractivity contribution in [3.8, 4) is 17.2 Å². The van der Waals surface area contributed by atoms with Gasteiger partial charge in [0.15, 0.2) is 0 Å². The summed E-state index contributed by atoms with van der Waals surface area (Å²) in [5.41, 5.74) is 2.23. The second-order valence-corrected chi connectivity index (χ2v) is 11.2. The van der Waals surface area contributed by atoms with Crippen molar-refractivity contribution in [3.63, 3.8) is 0 Å². The molecular weight excluding hydrogens is 523 g/mol. The summed E-state index contributed by atoms with van der Waals surface area (Å²) in [7, 11) is 0. The topological polar surface area (TPSA) is 49.7 Å². The Bertz CT molecular complexity index is 981. The molecule has 2 atom stereocenters. The molecule has 0 fully saturated rings. The Morgan fingerprint density at radius 2 is 1.37 bits per heavy atom. The van der Waals surface area contributed by atoms with Gasteiger partial charge in [0.2, 0.25) is 0 Å². The lowest BCUT2D eigenvalue weighted by atomic mass is 9.77. The van der Waals surface area contributed by atoms with Gasteiger partial charge in [0.1, 0.15) is 17.2 Å². The van der Waals surface area contributed by atoms with Gasteiger partial charge in [-0.05, 0) is 66.0 Å². The largest absolute Gasteiger partial charge is 0.508 e. The molecular formula is C29H37F5O3S. The Kier molecular flexibility index (Phi) is 11.4. The van der Waals surface area contributed by atoms with Crippen LogP contribution in [0.4, 0.5) is 22.0 Å². The zero-order valence-electron chi connectivity index (χ0n) is 21.5. The molecule has 0 bridgehead atoms. The lowest BCUT2D eigenvalue weighted by Crippen LogP contribution is -2.36. The first-order valence-corrected chi connectivity index (χ1v) is 14.5. The Morgan fingerprint density at radius 1 is 0.763 bits per heavy atom. The number of rotatable bonds is 15. The molecule has 0 unspecified atom stereocenters. The number of phenolic OH excluding ortho intramolecular Hbond substituents is 2. The van der Waals surface area contributed by atoms with Crippen LogP contribution in [-0.2, 0) is 0 Å². The molecule has 0 aliphatic carbocycles. The SMILES string of the molecule is Oc1ccc([C@H]2COc3cc(O)ccc3[C@H]2CCCCCCCCCSCCCC(F)(F)C(F)(F)F)cc1. The smallest absolute Gasteiger partial charge is 0.453 e. The quantitative estimate of drug-likeness (QED) is 0.168. The molecule has 3 rings (SSSR count). The Morgan fingerprint density at radius 3 is 2.05 bits per heavy atom. The van der Waals surface area contributed by atoms with Gasteiger partial charge in [-0.3, -0.25) is 0 Å². The van der Waals surface area contributed by atoms with Crippen molar-refractivity contribution in [2.24, 2.45) is 0 Å². The van der Waals surface area contributed by atoms with Crippen molar-refractivity contribution in [1.29, 1.82) is 0 Å². The molecule has 9 heteroatoms. The predicted molar refractivity (Wildman–Crippen MR) is 142 cm³/mol. The molecule has 212 valence electrons. The van der Waals surface area contributed by atoms with E-state index in [1.807, 2.05) is 18.2 Å². The minimum Gasteiger partial charge on any atom is -0.508 e. The van der Waals surface area contributed by atoms with Crippen molar-refractivity contribution < 1.29 is 36.9 Å². The molecule has 0 saturated carbocycles. The van der Waals surface area contributed by atoms with E-state index < -0.39 is 18.5 Å². The lowest BCUT2D eigenvalue weighted by Gasteiger charge is -2.34. The van der Waals surface area contributed by atoms with E-state index in [1.165, 1.54) is 11.8 Å². The summed E-state index contributed by atoms with van der Waals surface area (Å²) in [5, 5.41) is 19.5. The number of benzene rings is 2. The second-order valence-electron chi connectivity index (χ2n) is 10.0.